The third-order valence-corrected chi connectivity index (χ3v) is 5.18. The average Bonchev–Trinajstić information content (AvgIpc) is 2.80. The van der Waals surface area contributed by atoms with Crippen LogP contribution < -0.4 is 4.74 Å². The molecule has 2 aromatic heterocycles. The van der Waals surface area contributed by atoms with E-state index in [9.17, 15) is 23.4 Å². The second kappa shape index (κ2) is 7.67. The summed E-state index contributed by atoms with van der Waals surface area (Å²) >= 11 is 0. The van der Waals surface area contributed by atoms with Gasteiger partial charge < -0.3 is 14.9 Å². The Hall–Kier alpha value is -4.33. The molecule has 0 aliphatic rings. The quantitative estimate of drug-likeness (QED) is 0.302. The van der Waals surface area contributed by atoms with Gasteiger partial charge in [-0.1, -0.05) is 24.3 Å². The zero-order valence-corrected chi connectivity index (χ0v) is 16.8. The van der Waals surface area contributed by atoms with Crippen molar-refractivity contribution >= 4 is 21.7 Å². The van der Waals surface area contributed by atoms with E-state index in [1.54, 1.807) is 18.2 Å². The number of aromatic hydroxyl groups is 2. The molecule has 2 heterocycles. The molecule has 0 aliphatic carbocycles. The predicted molar refractivity (Wildman–Crippen MR) is 117 cm³/mol. The first-order chi connectivity index (χ1) is 15.8. The smallest absolute Gasteiger partial charge is 0.416 e. The van der Waals surface area contributed by atoms with Gasteiger partial charge in [0.25, 0.3) is 0 Å². The van der Waals surface area contributed by atoms with Crippen molar-refractivity contribution in [1.29, 1.82) is 0 Å². The van der Waals surface area contributed by atoms with Crippen molar-refractivity contribution in [3.8, 4) is 34.5 Å². The predicted octanol–water partition coefficient (Wildman–Crippen LogP) is 6.67. The van der Waals surface area contributed by atoms with Gasteiger partial charge in [0.15, 0.2) is 0 Å². The summed E-state index contributed by atoms with van der Waals surface area (Å²) in [5.74, 6) is 0.0408. The molecule has 0 saturated heterocycles. The number of phenols is 1. The van der Waals surface area contributed by atoms with Crippen molar-refractivity contribution in [1.82, 2.24) is 9.97 Å². The zero-order chi connectivity index (χ0) is 23.2. The molecule has 0 aliphatic heterocycles. The molecule has 0 atom stereocenters. The second-order valence-corrected chi connectivity index (χ2v) is 7.35. The van der Waals surface area contributed by atoms with Crippen LogP contribution in [-0.4, -0.2) is 20.2 Å². The minimum Gasteiger partial charge on any atom is -0.506 e. The zero-order valence-electron chi connectivity index (χ0n) is 16.8. The maximum absolute atomic E-state index is 12.8. The van der Waals surface area contributed by atoms with Crippen LogP contribution in [0.15, 0.2) is 78.9 Å². The molecule has 5 rings (SSSR count). The number of nitrogens with zero attached hydrogens (tertiary/aromatic N) is 2. The summed E-state index contributed by atoms with van der Waals surface area (Å²) < 4.78 is 43.8. The third-order valence-electron chi connectivity index (χ3n) is 5.18. The van der Waals surface area contributed by atoms with Gasteiger partial charge in [-0.3, -0.25) is 0 Å². The van der Waals surface area contributed by atoms with E-state index in [0.717, 1.165) is 28.3 Å². The molecule has 0 saturated carbocycles. The summed E-state index contributed by atoms with van der Waals surface area (Å²) in [6, 6.07) is 19.6. The van der Waals surface area contributed by atoms with Gasteiger partial charge in [0, 0.05) is 11.5 Å². The Labute approximate surface area is 185 Å². The Balaban J connectivity index is 1.52. The minimum absolute atomic E-state index is 0.0119. The van der Waals surface area contributed by atoms with Crippen LogP contribution in [0.5, 0.6) is 23.1 Å². The number of halogens is 3. The van der Waals surface area contributed by atoms with Crippen molar-refractivity contribution < 1.29 is 28.1 Å². The van der Waals surface area contributed by atoms with Gasteiger partial charge in [-0.2, -0.15) is 13.2 Å². The van der Waals surface area contributed by atoms with Crippen molar-refractivity contribution in [3.05, 3.63) is 84.4 Å². The van der Waals surface area contributed by atoms with E-state index < -0.39 is 11.7 Å². The van der Waals surface area contributed by atoms with E-state index in [4.69, 9.17) is 4.74 Å². The van der Waals surface area contributed by atoms with Crippen LogP contribution in [0.1, 0.15) is 5.56 Å². The maximum Gasteiger partial charge on any atom is 0.416 e. The molecule has 33 heavy (non-hydrogen) atoms. The fourth-order valence-electron chi connectivity index (χ4n) is 3.60. The van der Waals surface area contributed by atoms with Crippen LogP contribution in [0.25, 0.3) is 33.1 Å². The molecular weight excluding hydrogens is 433 g/mol. The fourth-order valence-corrected chi connectivity index (χ4v) is 3.60. The van der Waals surface area contributed by atoms with Gasteiger partial charge in [-0.25, -0.2) is 9.97 Å². The number of fused-ring (bicyclic) bond motifs is 3. The van der Waals surface area contributed by atoms with E-state index in [0.29, 0.717) is 11.2 Å². The minimum atomic E-state index is -4.44. The number of pyridine rings is 2. The van der Waals surface area contributed by atoms with Crippen molar-refractivity contribution in [2.75, 3.05) is 0 Å². The van der Waals surface area contributed by atoms with E-state index in [1.807, 2.05) is 24.3 Å². The summed E-state index contributed by atoms with van der Waals surface area (Å²) in [5, 5.41) is 23.4. The monoisotopic (exact) mass is 448 g/mol. The first-order valence-corrected chi connectivity index (χ1v) is 9.86. The standard InChI is InChI=1S/C25H15F3N2O3/c26-25(27,28)15-5-7-16(8-6-15)33-22-12-11-20(31)24(30-22)19-10-9-18-17-4-2-1-3-14(17)13-21(32)23(18)29-19/h1-13,31-32H. The Morgan fingerprint density at radius 3 is 2.24 bits per heavy atom. The number of ether oxygens (including phenoxy) is 1. The summed E-state index contributed by atoms with van der Waals surface area (Å²) in [4.78, 5) is 8.76. The van der Waals surface area contributed by atoms with Crippen LogP contribution >= 0.6 is 0 Å². The Bertz CT molecular complexity index is 1500. The summed E-state index contributed by atoms with van der Waals surface area (Å²) in [7, 11) is 0. The van der Waals surface area contributed by atoms with Gasteiger partial charge in [0.1, 0.15) is 28.5 Å². The number of alkyl halides is 3. The van der Waals surface area contributed by atoms with E-state index >= 15 is 0 Å². The Morgan fingerprint density at radius 2 is 1.48 bits per heavy atom. The molecule has 8 heteroatoms. The number of phenolic OH excluding ortho intramolecular Hbond substituents is 1. The lowest BCUT2D eigenvalue weighted by Crippen LogP contribution is -2.04. The number of hydrogen-bond acceptors (Lipinski definition) is 5. The van der Waals surface area contributed by atoms with Crippen LogP contribution in [0, 0.1) is 0 Å². The summed E-state index contributed by atoms with van der Waals surface area (Å²) in [6.07, 6.45) is -4.44. The van der Waals surface area contributed by atoms with Gasteiger partial charge in [0.2, 0.25) is 5.88 Å². The Morgan fingerprint density at radius 1 is 0.727 bits per heavy atom. The largest absolute Gasteiger partial charge is 0.506 e. The van der Waals surface area contributed by atoms with Crippen LogP contribution in [-0.2, 0) is 6.18 Å². The lowest BCUT2D eigenvalue weighted by molar-refractivity contribution is -0.137. The summed E-state index contributed by atoms with van der Waals surface area (Å²) in [5.41, 5.74) is -0.0410. The highest BCUT2D eigenvalue weighted by Gasteiger charge is 2.30. The van der Waals surface area contributed by atoms with E-state index in [1.165, 1.54) is 24.3 Å². The molecule has 0 spiro atoms. The lowest BCUT2D eigenvalue weighted by atomic mass is 10.0. The van der Waals surface area contributed by atoms with Gasteiger partial charge >= 0.3 is 6.18 Å². The average molecular weight is 448 g/mol. The molecule has 3 aromatic carbocycles. The van der Waals surface area contributed by atoms with Crippen LogP contribution in [0.3, 0.4) is 0 Å². The van der Waals surface area contributed by atoms with E-state index in [-0.39, 0.29) is 28.8 Å². The summed E-state index contributed by atoms with van der Waals surface area (Å²) in [6.45, 7) is 0. The number of hydrogen-bond donors (Lipinski definition) is 2. The molecule has 0 bridgehead atoms. The third kappa shape index (κ3) is 3.87. The molecule has 0 amide bonds. The molecule has 164 valence electrons. The van der Waals surface area contributed by atoms with Crippen molar-refractivity contribution in [3.63, 3.8) is 0 Å². The first kappa shape index (κ1) is 20.6. The normalized spacial score (nSPS) is 11.7. The fraction of sp³-hybridized carbons (Fsp3) is 0.0400. The molecular formula is C25H15F3N2O3. The van der Waals surface area contributed by atoms with Gasteiger partial charge in [-0.15, -0.1) is 0 Å². The number of rotatable bonds is 3. The first-order valence-electron chi connectivity index (χ1n) is 9.86. The second-order valence-electron chi connectivity index (χ2n) is 7.35. The van der Waals surface area contributed by atoms with E-state index in [2.05, 4.69) is 9.97 Å². The molecule has 2 N–H and O–H groups in total. The maximum atomic E-state index is 12.8. The molecule has 0 radical (unpaired) electrons. The molecule has 5 nitrogen and oxygen atoms in total. The molecule has 0 unspecified atom stereocenters. The van der Waals surface area contributed by atoms with Gasteiger partial charge in [0.05, 0.1) is 11.3 Å². The molecule has 5 aromatic rings. The highest BCUT2D eigenvalue weighted by molar-refractivity contribution is 6.09. The van der Waals surface area contributed by atoms with Gasteiger partial charge in [-0.05, 0) is 59.3 Å². The van der Waals surface area contributed by atoms with Crippen LogP contribution in [0.4, 0.5) is 13.2 Å². The van der Waals surface area contributed by atoms with Crippen molar-refractivity contribution in [2.45, 2.75) is 6.18 Å². The van der Waals surface area contributed by atoms with Crippen LogP contribution in [0.2, 0.25) is 0 Å². The molecule has 0 fully saturated rings. The highest BCUT2D eigenvalue weighted by atomic mass is 19.4. The van der Waals surface area contributed by atoms with Crippen molar-refractivity contribution in [2.24, 2.45) is 0 Å². The topological polar surface area (TPSA) is 75.5 Å². The highest BCUT2D eigenvalue weighted by Crippen LogP contribution is 2.36. The lowest BCUT2D eigenvalue weighted by Gasteiger charge is -2.11. The SMILES string of the molecule is Oc1ccc(Oc2ccc(C(F)(F)F)cc2)nc1-c1ccc2c(n1)c(O)cc1ccccc12. The number of benzene rings is 3. The number of aromatic nitrogens is 2. The Kier molecular flexibility index (Phi) is 4.78.